The molecule has 1 N–H and O–H groups in total. The number of hydrogen-bond donors (Lipinski definition) is 1. The molecule has 1 fully saturated rings. The molecular weight excluding hydrogens is 220 g/mol. The van der Waals surface area contributed by atoms with Gasteiger partial charge in [0.05, 0.1) is 0 Å². The number of carbonyl (C=O) groups is 1. The second-order valence-corrected chi connectivity index (χ2v) is 4.33. The second kappa shape index (κ2) is 4.79. The molecule has 0 aliphatic heterocycles. The second-order valence-electron chi connectivity index (χ2n) is 4.33. The van der Waals surface area contributed by atoms with E-state index in [-0.39, 0.29) is 5.69 Å². The third kappa shape index (κ3) is 2.29. The van der Waals surface area contributed by atoms with Crippen LogP contribution in [0.4, 0.5) is 0 Å². The van der Waals surface area contributed by atoms with E-state index in [1.807, 2.05) is 0 Å². The number of aromatic carboxylic acids is 1. The van der Waals surface area contributed by atoms with E-state index in [2.05, 4.69) is 9.97 Å². The van der Waals surface area contributed by atoms with Crippen LogP contribution in [0.25, 0.3) is 0 Å². The summed E-state index contributed by atoms with van der Waals surface area (Å²) in [5, 5.41) is 8.93. The molecule has 1 heterocycles. The van der Waals surface area contributed by atoms with Crippen molar-refractivity contribution >= 4 is 5.97 Å². The van der Waals surface area contributed by atoms with E-state index in [4.69, 9.17) is 9.84 Å². The van der Waals surface area contributed by atoms with Gasteiger partial charge in [-0.25, -0.2) is 14.8 Å². The predicted molar refractivity (Wildman–Crippen MR) is 60.8 cm³/mol. The van der Waals surface area contributed by atoms with E-state index >= 15 is 0 Å². The summed E-state index contributed by atoms with van der Waals surface area (Å²) in [6.45, 7) is 0. The van der Waals surface area contributed by atoms with Gasteiger partial charge in [-0.15, -0.1) is 0 Å². The van der Waals surface area contributed by atoms with Gasteiger partial charge in [0.2, 0.25) is 0 Å². The quantitative estimate of drug-likeness (QED) is 0.868. The molecule has 1 aromatic heterocycles. The maximum Gasteiger partial charge on any atom is 0.354 e. The SMILES string of the molecule is COC1(c2nccc(C(=O)O)n2)CCCCC1. The molecule has 0 aromatic carbocycles. The Morgan fingerprint density at radius 3 is 2.71 bits per heavy atom. The molecule has 1 aromatic rings. The standard InChI is InChI=1S/C12H16N2O3/c1-17-12(6-3-2-4-7-12)11-13-8-5-9(14-11)10(15)16/h5,8H,2-4,6-7H2,1H3,(H,15,16). The van der Waals surface area contributed by atoms with Gasteiger partial charge in [-0.3, -0.25) is 0 Å². The summed E-state index contributed by atoms with van der Waals surface area (Å²) in [6, 6.07) is 1.40. The fraction of sp³-hybridized carbons (Fsp3) is 0.583. The van der Waals surface area contributed by atoms with Crippen molar-refractivity contribution in [1.29, 1.82) is 0 Å². The monoisotopic (exact) mass is 236 g/mol. The molecule has 0 radical (unpaired) electrons. The Balaban J connectivity index is 2.36. The fourth-order valence-corrected chi connectivity index (χ4v) is 2.34. The molecule has 0 unspecified atom stereocenters. The van der Waals surface area contributed by atoms with Crippen LogP contribution in [0.5, 0.6) is 0 Å². The zero-order chi connectivity index (χ0) is 12.3. The van der Waals surface area contributed by atoms with E-state index < -0.39 is 11.6 Å². The summed E-state index contributed by atoms with van der Waals surface area (Å²) >= 11 is 0. The molecule has 1 aliphatic carbocycles. The first-order valence-electron chi connectivity index (χ1n) is 5.80. The van der Waals surface area contributed by atoms with Crippen LogP contribution < -0.4 is 0 Å². The Hall–Kier alpha value is -1.49. The lowest BCUT2D eigenvalue weighted by molar-refractivity contribution is -0.0516. The molecule has 2 rings (SSSR count). The Morgan fingerprint density at radius 1 is 1.41 bits per heavy atom. The van der Waals surface area contributed by atoms with Crippen molar-refractivity contribution in [2.75, 3.05) is 7.11 Å². The molecule has 0 atom stereocenters. The maximum absolute atomic E-state index is 10.9. The average molecular weight is 236 g/mol. The topological polar surface area (TPSA) is 72.3 Å². The summed E-state index contributed by atoms with van der Waals surface area (Å²) in [7, 11) is 1.64. The Bertz CT molecular complexity index is 414. The van der Waals surface area contributed by atoms with Crippen molar-refractivity contribution < 1.29 is 14.6 Å². The largest absolute Gasteiger partial charge is 0.477 e. The number of carboxylic acid groups (broad SMARTS) is 1. The molecule has 5 heteroatoms. The average Bonchev–Trinajstić information content (AvgIpc) is 2.39. The first-order chi connectivity index (χ1) is 8.18. The molecule has 0 amide bonds. The van der Waals surface area contributed by atoms with Crippen molar-refractivity contribution in [1.82, 2.24) is 9.97 Å². The molecule has 1 aliphatic rings. The van der Waals surface area contributed by atoms with Crippen LogP contribution in [0, 0.1) is 0 Å². The Morgan fingerprint density at radius 2 is 2.12 bits per heavy atom. The molecule has 17 heavy (non-hydrogen) atoms. The van der Waals surface area contributed by atoms with Gasteiger partial charge in [-0.1, -0.05) is 19.3 Å². The van der Waals surface area contributed by atoms with Gasteiger partial charge >= 0.3 is 5.97 Å². The maximum atomic E-state index is 10.9. The lowest BCUT2D eigenvalue weighted by Crippen LogP contribution is -2.33. The summed E-state index contributed by atoms with van der Waals surface area (Å²) in [5.74, 6) is -0.532. The molecule has 5 nitrogen and oxygen atoms in total. The van der Waals surface area contributed by atoms with Gasteiger partial charge in [-0.2, -0.15) is 0 Å². The van der Waals surface area contributed by atoms with Crippen LogP contribution in [0.3, 0.4) is 0 Å². The van der Waals surface area contributed by atoms with Gasteiger partial charge in [0.1, 0.15) is 5.60 Å². The zero-order valence-corrected chi connectivity index (χ0v) is 9.85. The van der Waals surface area contributed by atoms with Crippen molar-refractivity contribution in [3.05, 3.63) is 23.8 Å². The molecule has 0 bridgehead atoms. The number of rotatable bonds is 3. The van der Waals surface area contributed by atoms with Crippen LogP contribution >= 0.6 is 0 Å². The zero-order valence-electron chi connectivity index (χ0n) is 9.85. The number of nitrogens with zero attached hydrogens (tertiary/aromatic N) is 2. The summed E-state index contributed by atoms with van der Waals surface area (Å²) < 4.78 is 5.58. The minimum absolute atomic E-state index is 0.0250. The van der Waals surface area contributed by atoms with Crippen LogP contribution in [0.1, 0.15) is 48.4 Å². The highest BCUT2D eigenvalue weighted by atomic mass is 16.5. The predicted octanol–water partition coefficient (Wildman–Crippen LogP) is 1.98. The summed E-state index contributed by atoms with van der Waals surface area (Å²) in [6.07, 6.45) is 6.51. The molecular formula is C12H16N2O3. The highest BCUT2D eigenvalue weighted by molar-refractivity contribution is 5.85. The van der Waals surface area contributed by atoms with Gasteiger partial charge in [-0.05, 0) is 18.9 Å². The minimum atomic E-state index is -1.03. The number of hydrogen-bond acceptors (Lipinski definition) is 4. The van der Waals surface area contributed by atoms with Crippen LogP contribution in [-0.2, 0) is 10.3 Å². The minimum Gasteiger partial charge on any atom is -0.477 e. The molecule has 92 valence electrons. The van der Waals surface area contributed by atoms with Crippen LogP contribution in [-0.4, -0.2) is 28.2 Å². The summed E-state index contributed by atoms with van der Waals surface area (Å²) in [5.41, 5.74) is -0.471. The fourth-order valence-electron chi connectivity index (χ4n) is 2.34. The van der Waals surface area contributed by atoms with Gasteiger partial charge in [0.15, 0.2) is 11.5 Å². The Kier molecular flexibility index (Phi) is 3.38. The normalized spacial score (nSPS) is 18.9. The van der Waals surface area contributed by atoms with E-state index in [1.54, 1.807) is 7.11 Å². The highest BCUT2D eigenvalue weighted by Gasteiger charge is 2.37. The third-order valence-corrected chi connectivity index (χ3v) is 3.33. The van der Waals surface area contributed by atoms with Gasteiger partial charge in [0.25, 0.3) is 0 Å². The number of carboxylic acids is 1. The highest BCUT2D eigenvalue weighted by Crippen LogP contribution is 2.38. The summed E-state index contributed by atoms with van der Waals surface area (Å²) in [4.78, 5) is 19.2. The van der Waals surface area contributed by atoms with E-state index in [0.29, 0.717) is 5.82 Å². The van der Waals surface area contributed by atoms with E-state index in [9.17, 15) is 4.79 Å². The van der Waals surface area contributed by atoms with E-state index in [0.717, 1.165) is 25.7 Å². The smallest absolute Gasteiger partial charge is 0.354 e. The lowest BCUT2D eigenvalue weighted by atomic mass is 9.84. The first-order valence-corrected chi connectivity index (χ1v) is 5.80. The van der Waals surface area contributed by atoms with Crippen molar-refractivity contribution in [2.45, 2.75) is 37.7 Å². The van der Waals surface area contributed by atoms with Crippen LogP contribution in [0.2, 0.25) is 0 Å². The van der Waals surface area contributed by atoms with Crippen molar-refractivity contribution in [3.8, 4) is 0 Å². The molecule has 0 saturated heterocycles. The number of ether oxygens (including phenoxy) is 1. The van der Waals surface area contributed by atoms with Gasteiger partial charge in [0, 0.05) is 13.3 Å². The Labute approximate surface area is 99.9 Å². The first kappa shape index (κ1) is 12.0. The van der Waals surface area contributed by atoms with E-state index in [1.165, 1.54) is 18.7 Å². The lowest BCUT2D eigenvalue weighted by Gasteiger charge is -2.34. The van der Waals surface area contributed by atoms with Crippen molar-refractivity contribution in [2.24, 2.45) is 0 Å². The van der Waals surface area contributed by atoms with Crippen LogP contribution in [0.15, 0.2) is 12.3 Å². The third-order valence-electron chi connectivity index (χ3n) is 3.33. The van der Waals surface area contributed by atoms with Crippen molar-refractivity contribution in [3.63, 3.8) is 0 Å². The number of methoxy groups -OCH3 is 1. The number of aromatic nitrogens is 2. The molecule has 1 saturated carbocycles. The molecule has 0 spiro atoms. The van der Waals surface area contributed by atoms with Gasteiger partial charge < -0.3 is 9.84 Å².